The van der Waals surface area contributed by atoms with Gasteiger partial charge in [0.1, 0.15) is 0 Å². The van der Waals surface area contributed by atoms with E-state index >= 15 is 0 Å². The number of ether oxygens (including phenoxy) is 2. The van der Waals surface area contributed by atoms with E-state index in [1.54, 1.807) is 26.0 Å². The molecule has 0 aromatic heterocycles. The number of nitrogens with one attached hydrogen (secondary N) is 1. The fraction of sp³-hybridized carbons (Fsp3) is 0.350. The quantitative estimate of drug-likeness (QED) is 0.694. The van der Waals surface area contributed by atoms with E-state index in [9.17, 15) is 4.79 Å². The van der Waals surface area contributed by atoms with Crippen LogP contribution in [0.1, 0.15) is 42.2 Å². The lowest BCUT2D eigenvalue weighted by Gasteiger charge is -2.20. The predicted molar refractivity (Wildman–Crippen MR) is 103 cm³/mol. The first-order chi connectivity index (χ1) is 12.1. The van der Waals surface area contributed by atoms with Crippen LogP contribution in [0.25, 0.3) is 0 Å². The third-order valence-corrected chi connectivity index (χ3v) is 4.91. The van der Waals surface area contributed by atoms with Crippen molar-refractivity contribution in [3.63, 3.8) is 0 Å². The Kier molecular flexibility index (Phi) is 7.19. The summed E-state index contributed by atoms with van der Waals surface area (Å²) >= 11 is 1.67. The molecule has 25 heavy (non-hydrogen) atoms. The van der Waals surface area contributed by atoms with Crippen LogP contribution < -0.4 is 14.8 Å². The van der Waals surface area contributed by atoms with E-state index in [2.05, 4.69) is 12.2 Å². The van der Waals surface area contributed by atoms with Gasteiger partial charge < -0.3 is 14.8 Å². The highest BCUT2D eigenvalue weighted by atomic mass is 32.2. The largest absolute Gasteiger partial charge is 0.493 e. The number of rotatable bonds is 8. The molecule has 0 aliphatic rings. The van der Waals surface area contributed by atoms with Gasteiger partial charge in [-0.1, -0.05) is 32.0 Å². The molecule has 1 atom stereocenters. The molecule has 0 bridgehead atoms. The van der Waals surface area contributed by atoms with Gasteiger partial charge in [0.05, 0.1) is 25.8 Å². The lowest BCUT2D eigenvalue weighted by atomic mass is 10.0. The Morgan fingerprint density at radius 2 is 1.80 bits per heavy atom. The van der Waals surface area contributed by atoms with Gasteiger partial charge in [-0.2, -0.15) is 0 Å². The van der Waals surface area contributed by atoms with Crippen molar-refractivity contribution in [2.75, 3.05) is 20.0 Å². The van der Waals surface area contributed by atoms with Crippen LogP contribution in [0.4, 0.5) is 0 Å². The van der Waals surface area contributed by atoms with Gasteiger partial charge in [0.25, 0.3) is 5.91 Å². The molecule has 0 heterocycles. The molecule has 0 radical (unpaired) electrons. The molecule has 0 unspecified atom stereocenters. The molecule has 0 fully saturated rings. The first kappa shape index (κ1) is 19.2. The third kappa shape index (κ3) is 4.69. The highest BCUT2D eigenvalue weighted by molar-refractivity contribution is 7.99. The van der Waals surface area contributed by atoms with Crippen molar-refractivity contribution >= 4 is 17.7 Å². The van der Waals surface area contributed by atoms with Crippen molar-refractivity contribution < 1.29 is 14.3 Å². The number of hydrogen-bond donors (Lipinski definition) is 1. The molecule has 0 aliphatic carbocycles. The number of amides is 1. The molecule has 1 N–H and O–H groups in total. The lowest BCUT2D eigenvalue weighted by Crippen LogP contribution is -2.28. The number of hydrogen-bond acceptors (Lipinski definition) is 4. The molecule has 4 nitrogen and oxygen atoms in total. The minimum Gasteiger partial charge on any atom is -0.493 e. The van der Waals surface area contributed by atoms with Crippen molar-refractivity contribution in [3.8, 4) is 11.5 Å². The standard InChI is InChI=1S/C20H25NO3S/c1-5-16(14-11-12-17(23-3)18(13-14)24-4)21-20(22)15-9-7-8-10-19(15)25-6-2/h7-13,16H,5-6H2,1-4H3,(H,21,22)/t16-/m0/s1. The van der Waals surface area contributed by atoms with Gasteiger partial charge in [-0.05, 0) is 42.0 Å². The molecule has 0 saturated carbocycles. The zero-order valence-electron chi connectivity index (χ0n) is 15.2. The van der Waals surface area contributed by atoms with Crippen LogP contribution in [0, 0.1) is 0 Å². The summed E-state index contributed by atoms with van der Waals surface area (Å²) in [7, 11) is 3.22. The van der Waals surface area contributed by atoms with Crippen molar-refractivity contribution in [2.45, 2.75) is 31.2 Å². The molecule has 1 amide bonds. The smallest absolute Gasteiger partial charge is 0.252 e. The molecular formula is C20H25NO3S. The lowest BCUT2D eigenvalue weighted by molar-refractivity contribution is 0.0932. The third-order valence-electron chi connectivity index (χ3n) is 3.96. The SMILES string of the molecule is CCSc1ccccc1C(=O)N[C@@H](CC)c1ccc(OC)c(OC)c1. The van der Waals surface area contributed by atoms with Gasteiger partial charge >= 0.3 is 0 Å². The summed E-state index contributed by atoms with van der Waals surface area (Å²) in [5.74, 6) is 2.21. The van der Waals surface area contributed by atoms with E-state index in [0.717, 1.165) is 22.6 Å². The summed E-state index contributed by atoms with van der Waals surface area (Å²) in [4.78, 5) is 13.8. The maximum absolute atomic E-state index is 12.8. The summed E-state index contributed by atoms with van der Waals surface area (Å²) < 4.78 is 10.7. The first-order valence-electron chi connectivity index (χ1n) is 8.39. The Hall–Kier alpha value is -2.14. The first-order valence-corrected chi connectivity index (χ1v) is 9.37. The maximum Gasteiger partial charge on any atom is 0.252 e. The zero-order valence-corrected chi connectivity index (χ0v) is 16.0. The van der Waals surface area contributed by atoms with Crippen LogP contribution in [0.5, 0.6) is 11.5 Å². The average molecular weight is 359 g/mol. The predicted octanol–water partition coefficient (Wildman–Crippen LogP) is 4.70. The number of thioether (sulfide) groups is 1. The van der Waals surface area contributed by atoms with Crippen LogP contribution >= 0.6 is 11.8 Å². The topological polar surface area (TPSA) is 47.6 Å². The van der Waals surface area contributed by atoms with Crippen molar-refractivity contribution in [1.82, 2.24) is 5.32 Å². The summed E-state index contributed by atoms with van der Waals surface area (Å²) in [5.41, 5.74) is 1.71. The van der Waals surface area contributed by atoms with Crippen LogP contribution in [0.3, 0.4) is 0 Å². The van der Waals surface area contributed by atoms with Gasteiger partial charge in [0.15, 0.2) is 11.5 Å². The van der Waals surface area contributed by atoms with Crippen molar-refractivity contribution in [3.05, 3.63) is 53.6 Å². The van der Waals surface area contributed by atoms with Crippen LogP contribution in [0.2, 0.25) is 0 Å². The summed E-state index contributed by atoms with van der Waals surface area (Å²) in [5, 5.41) is 3.14. The molecule has 2 aromatic rings. The zero-order chi connectivity index (χ0) is 18.2. The molecule has 2 aromatic carbocycles. The van der Waals surface area contributed by atoms with Crippen LogP contribution in [-0.2, 0) is 0 Å². The van der Waals surface area contributed by atoms with Crippen LogP contribution in [-0.4, -0.2) is 25.9 Å². The Balaban J connectivity index is 2.23. The van der Waals surface area contributed by atoms with E-state index in [1.165, 1.54) is 0 Å². The molecule has 0 saturated heterocycles. The summed E-state index contributed by atoms with van der Waals surface area (Å²) in [6.45, 7) is 4.13. The molecule has 134 valence electrons. The number of carbonyl (C=O) groups excluding carboxylic acids is 1. The molecular weight excluding hydrogens is 334 g/mol. The van der Waals surface area contributed by atoms with E-state index in [1.807, 2.05) is 49.4 Å². The van der Waals surface area contributed by atoms with Crippen molar-refractivity contribution in [1.29, 1.82) is 0 Å². The maximum atomic E-state index is 12.8. The fourth-order valence-corrected chi connectivity index (χ4v) is 3.46. The fourth-order valence-electron chi connectivity index (χ4n) is 2.66. The number of benzene rings is 2. The monoisotopic (exact) mass is 359 g/mol. The second kappa shape index (κ2) is 9.37. The Morgan fingerprint density at radius 3 is 2.44 bits per heavy atom. The molecule has 0 aliphatic heterocycles. The Morgan fingerprint density at radius 1 is 1.08 bits per heavy atom. The van der Waals surface area contributed by atoms with Gasteiger partial charge in [0, 0.05) is 4.90 Å². The van der Waals surface area contributed by atoms with Gasteiger partial charge in [0.2, 0.25) is 0 Å². The van der Waals surface area contributed by atoms with E-state index in [0.29, 0.717) is 17.1 Å². The van der Waals surface area contributed by atoms with E-state index in [4.69, 9.17) is 9.47 Å². The number of carbonyl (C=O) groups is 1. The Labute approximate surface area is 153 Å². The van der Waals surface area contributed by atoms with Crippen molar-refractivity contribution in [2.24, 2.45) is 0 Å². The summed E-state index contributed by atoms with van der Waals surface area (Å²) in [6.07, 6.45) is 0.782. The number of methoxy groups -OCH3 is 2. The van der Waals surface area contributed by atoms with Crippen LogP contribution in [0.15, 0.2) is 47.4 Å². The average Bonchev–Trinajstić information content (AvgIpc) is 2.66. The highest BCUT2D eigenvalue weighted by Gasteiger charge is 2.18. The minimum absolute atomic E-state index is 0.0572. The molecule has 0 spiro atoms. The van der Waals surface area contributed by atoms with E-state index < -0.39 is 0 Å². The van der Waals surface area contributed by atoms with Gasteiger partial charge in [-0.25, -0.2) is 0 Å². The molecule has 2 rings (SSSR count). The highest BCUT2D eigenvalue weighted by Crippen LogP contribution is 2.31. The Bertz CT molecular complexity index is 718. The van der Waals surface area contributed by atoms with Gasteiger partial charge in [-0.15, -0.1) is 11.8 Å². The summed E-state index contributed by atoms with van der Waals surface area (Å²) in [6, 6.07) is 13.4. The van der Waals surface area contributed by atoms with E-state index in [-0.39, 0.29) is 11.9 Å². The van der Waals surface area contributed by atoms with Gasteiger partial charge in [-0.3, -0.25) is 4.79 Å². The normalized spacial score (nSPS) is 11.7. The minimum atomic E-state index is -0.0908. The second-order valence-corrected chi connectivity index (χ2v) is 6.78. The molecule has 5 heteroatoms. The second-order valence-electron chi connectivity index (χ2n) is 5.48.